The molecular formula is C12H14N3O3. The molecule has 0 aliphatic heterocycles. The van der Waals surface area contributed by atoms with Gasteiger partial charge in [-0.1, -0.05) is 23.4 Å². The number of rotatable bonds is 4. The average Bonchev–Trinajstić information content (AvgIpc) is 2.40. The van der Waals surface area contributed by atoms with Crippen LogP contribution in [0, 0.1) is 0 Å². The van der Waals surface area contributed by atoms with E-state index in [1.165, 1.54) is 18.3 Å². The molecule has 0 atom stereocenters. The van der Waals surface area contributed by atoms with Crippen LogP contribution < -0.4 is 10.2 Å². The van der Waals surface area contributed by atoms with Crippen LogP contribution in [0.25, 0.3) is 0 Å². The molecule has 1 rings (SSSR count). The van der Waals surface area contributed by atoms with Gasteiger partial charge in [0.15, 0.2) is 0 Å². The summed E-state index contributed by atoms with van der Waals surface area (Å²) < 4.78 is 0. The van der Waals surface area contributed by atoms with Crippen molar-refractivity contribution in [2.24, 2.45) is 5.16 Å². The van der Waals surface area contributed by atoms with E-state index in [9.17, 15) is 9.59 Å². The summed E-state index contributed by atoms with van der Waals surface area (Å²) in [6, 6.07) is 8.61. The third-order valence-corrected chi connectivity index (χ3v) is 2.13. The Morgan fingerprint density at radius 3 is 2.61 bits per heavy atom. The maximum atomic E-state index is 11.9. The molecule has 2 amide bonds. The number of carbonyl (C=O) groups excluding carboxylic acids is 2. The van der Waals surface area contributed by atoms with E-state index in [2.05, 4.69) is 15.3 Å². The number of anilines is 1. The summed E-state index contributed by atoms with van der Waals surface area (Å²) in [6.45, 7) is 2.28. The molecule has 6 heteroatoms. The number of nitrogens with one attached hydrogen (secondary N) is 1. The minimum Gasteiger partial charge on any atom is -0.397 e. The predicted octanol–water partition coefficient (Wildman–Crippen LogP) is 1.29. The van der Waals surface area contributed by atoms with E-state index in [1.807, 2.05) is 25.1 Å². The second kappa shape index (κ2) is 7.05. The van der Waals surface area contributed by atoms with E-state index in [0.29, 0.717) is 6.54 Å². The van der Waals surface area contributed by atoms with Crippen LogP contribution in [-0.4, -0.2) is 31.8 Å². The molecule has 0 unspecified atom stereocenters. The van der Waals surface area contributed by atoms with Gasteiger partial charge in [-0.15, -0.1) is 0 Å². The summed E-state index contributed by atoms with van der Waals surface area (Å²) in [6.07, 6.45) is 1.48. The fourth-order valence-corrected chi connectivity index (χ4v) is 1.38. The van der Waals surface area contributed by atoms with Gasteiger partial charge in [0.2, 0.25) is 5.84 Å². The lowest BCUT2D eigenvalue weighted by Gasteiger charge is -2.20. The quantitative estimate of drug-likeness (QED) is 0.496. The van der Waals surface area contributed by atoms with Gasteiger partial charge in [-0.3, -0.25) is 15.0 Å². The third-order valence-electron chi connectivity index (χ3n) is 2.13. The summed E-state index contributed by atoms with van der Waals surface area (Å²) in [5, 5.41) is 5.63. The number of para-hydroxylation sites is 1. The van der Waals surface area contributed by atoms with Crippen LogP contribution in [-0.2, 0) is 9.63 Å². The number of amides is 2. The Labute approximate surface area is 105 Å². The second-order valence-corrected chi connectivity index (χ2v) is 3.23. The summed E-state index contributed by atoms with van der Waals surface area (Å²) in [5.41, 5.74) is 0.722. The SMILES string of the molecule is CCN(C(=O)NC([C]=O)=NOC)c1ccccc1. The van der Waals surface area contributed by atoms with Crippen molar-refractivity contribution in [1.82, 2.24) is 5.32 Å². The first kappa shape index (κ1) is 13.7. The smallest absolute Gasteiger partial charge is 0.327 e. The first-order valence-corrected chi connectivity index (χ1v) is 5.35. The van der Waals surface area contributed by atoms with Crippen molar-refractivity contribution in [3.8, 4) is 0 Å². The molecule has 1 radical (unpaired) electrons. The van der Waals surface area contributed by atoms with Gasteiger partial charge in [0.1, 0.15) is 7.11 Å². The highest BCUT2D eigenvalue weighted by Crippen LogP contribution is 2.12. The summed E-state index contributed by atoms with van der Waals surface area (Å²) in [7, 11) is 1.28. The third kappa shape index (κ3) is 3.58. The maximum absolute atomic E-state index is 11.9. The first-order chi connectivity index (χ1) is 8.72. The molecule has 1 aromatic rings. The van der Waals surface area contributed by atoms with Crippen LogP contribution in [0.3, 0.4) is 0 Å². The zero-order valence-electron chi connectivity index (χ0n) is 10.2. The Balaban J connectivity index is 2.81. The number of urea groups is 1. The molecule has 0 saturated heterocycles. The predicted molar refractivity (Wildman–Crippen MR) is 68.1 cm³/mol. The van der Waals surface area contributed by atoms with Gasteiger partial charge >= 0.3 is 6.03 Å². The maximum Gasteiger partial charge on any atom is 0.327 e. The van der Waals surface area contributed by atoms with Crippen LogP contribution >= 0.6 is 0 Å². The molecule has 1 N–H and O–H groups in total. The molecule has 6 nitrogen and oxygen atoms in total. The lowest BCUT2D eigenvalue weighted by Crippen LogP contribution is -2.43. The Morgan fingerprint density at radius 1 is 1.44 bits per heavy atom. The largest absolute Gasteiger partial charge is 0.397 e. The van der Waals surface area contributed by atoms with Gasteiger partial charge in [0, 0.05) is 12.2 Å². The second-order valence-electron chi connectivity index (χ2n) is 3.23. The molecule has 0 bridgehead atoms. The summed E-state index contributed by atoms with van der Waals surface area (Å²) >= 11 is 0. The lowest BCUT2D eigenvalue weighted by atomic mass is 10.3. The highest BCUT2D eigenvalue weighted by Gasteiger charge is 2.15. The van der Waals surface area contributed by atoms with Crippen molar-refractivity contribution >= 4 is 23.8 Å². The van der Waals surface area contributed by atoms with Gasteiger partial charge in [-0.05, 0) is 19.1 Å². The number of hydrogen-bond acceptors (Lipinski definition) is 4. The van der Waals surface area contributed by atoms with Crippen molar-refractivity contribution in [1.29, 1.82) is 0 Å². The monoisotopic (exact) mass is 248 g/mol. The topological polar surface area (TPSA) is 71.0 Å². The van der Waals surface area contributed by atoms with Gasteiger partial charge in [-0.2, -0.15) is 0 Å². The number of benzene rings is 1. The minimum atomic E-state index is -0.470. The fourth-order valence-electron chi connectivity index (χ4n) is 1.38. The van der Waals surface area contributed by atoms with Gasteiger partial charge in [-0.25, -0.2) is 4.79 Å². The van der Waals surface area contributed by atoms with Crippen LogP contribution in [0.1, 0.15) is 6.92 Å². The van der Waals surface area contributed by atoms with Crippen molar-refractivity contribution in [2.45, 2.75) is 6.92 Å². The van der Waals surface area contributed by atoms with E-state index < -0.39 is 6.03 Å². The highest BCUT2D eigenvalue weighted by molar-refractivity contribution is 6.31. The van der Waals surface area contributed by atoms with E-state index in [-0.39, 0.29) is 5.84 Å². The van der Waals surface area contributed by atoms with Gasteiger partial charge in [0.25, 0.3) is 6.29 Å². The molecule has 0 aliphatic carbocycles. The molecule has 0 heterocycles. The van der Waals surface area contributed by atoms with Crippen molar-refractivity contribution in [3.05, 3.63) is 30.3 Å². The number of carbonyl (C=O) groups is 1. The number of nitrogens with zero attached hydrogens (tertiary/aromatic N) is 2. The fraction of sp³-hybridized carbons (Fsp3) is 0.250. The Morgan fingerprint density at radius 2 is 2.11 bits per heavy atom. The molecule has 0 aliphatic rings. The normalized spacial score (nSPS) is 10.7. The van der Waals surface area contributed by atoms with Crippen molar-refractivity contribution in [2.75, 3.05) is 18.6 Å². The molecule has 0 fully saturated rings. The Kier molecular flexibility index (Phi) is 5.37. The van der Waals surface area contributed by atoms with E-state index >= 15 is 0 Å². The number of oxime groups is 1. The van der Waals surface area contributed by atoms with Crippen LogP contribution in [0.5, 0.6) is 0 Å². The van der Waals surface area contributed by atoms with E-state index in [1.54, 1.807) is 12.1 Å². The van der Waals surface area contributed by atoms with Crippen LogP contribution in [0.2, 0.25) is 0 Å². The van der Waals surface area contributed by atoms with Gasteiger partial charge in [0.05, 0.1) is 0 Å². The molecule has 0 aromatic heterocycles. The highest BCUT2D eigenvalue weighted by atomic mass is 16.6. The molecular weight excluding hydrogens is 234 g/mol. The standard InChI is InChI=1S/C12H14N3O3/c1-3-15(10-7-5-4-6-8-10)12(17)13-11(9-16)14-18-2/h4-8H,3H2,1-2H3,(H,13,14,17). The molecule has 18 heavy (non-hydrogen) atoms. The zero-order valence-corrected chi connectivity index (χ0v) is 10.2. The molecule has 0 saturated carbocycles. The van der Waals surface area contributed by atoms with Crippen molar-refractivity contribution < 1.29 is 14.4 Å². The Hall–Kier alpha value is -2.37. The van der Waals surface area contributed by atoms with E-state index in [4.69, 9.17) is 0 Å². The first-order valence-electron chi connectivity index (χ1n) is 5.35. The minimum absolute atomic E-state index is 0.295. The Bertz CT molecular complexity index is 431. The van der Waals surface area contributed by atoms with Gasteiger partial charge < -0.3 is 4.84 Å². The number of hydrogen-bond donors (Lipinski definition) is 1. The zero-order chi connectivity index (χ0) is 13.4. The van der Waals surface area contributed by atoms with Crippen molar-refractivity contribution in [3.63, 3.8) is 0 Å². The molecule has 95 valence electrons. The van der Waals surface area contributed by atoms with Crippen LogP contribution in [0.4, 0.5) is 10.5 Å². The summed E-state index contributed by atoms with van der Waals surface area (Å²) in [4.78, 5) is 28.3. The summed E-state index contributed by atoms with van der Waals surface area (Å²) in [5.74, 6) is -0.295. The number of amidine groups is 1. The lowest BCUT2D eigenvalue weighted by molar-refractivity contribution is 0.212. The molecule has 0 spiro atoms. The van der Waals surface area contributed by atoms with Crippen LogP contribution in [0.15, 0.2) is 35.5 Å². The van der Waals surface area contributed by atoms with E-state index in [0.717, 1.165) is 5.69 Å². The molecule has 1 aromatic carbocycles. The average molecular weight is 248 g/mol.